The summed E-state index contributed by atoms with van der Waals surface area (Å²) in [5.41, 5.74) is 1.51. The maximum absolute atomic E-state index is 13.8. The lowest BCUT2D eigenvalue weighted by molar-refractivity contribution is -0.144. The Morgan fingerprint density at radius 1 is 1.08 bits per heavy atom. The van der Waals surface area contributed by atoms with E-state index < -0.39 is 24.0 Å². The molecule has 1 unspecified atom stereocenters. The summed E-state index contributed by atoms with van der Waals surface area (Å²) in [5.74, 6) is -1.92. The fourth-order valence-electron chi connectivity index (χ4n) is 5.14. The van der Waals surface area contributed by atoms with E-state index in [1.54, 1.807) is 21.9 Å². The number of halogens is 3. The number of nitriles is 1. The molecule has 0 radical (unpaired) electrons. The van der Waals surface area contributed by atoms with Crippen LogP contribution < -0.4 is 15.1 Å². The zero-order chi connectivity index (χ0) is 28.0. The Kier molecular flexibility index (Phi) is 8.89. The van der Waals surface area contributed by atoms with Gasteiger partial charge in [-0.2, -0.15) is 18.4 Å². The summed E-state index contributed by atoms with van der Waals surface area (Å²) in [7, 11) is 0. The maximum atomic E-state index is 13.8. The lowest BCUT2D eigenvalue weighted by Gasteiger charge is -2.34. The van der Waals surface area contributed by atoms with Crippen molar-refractivity contribution in [3.8, 4) is 6.07 Å². The van der Waals surface area contributed by atoms with Gasteiger partial charge >= 0.3 is 12.1 Å². The van der Waals surface area contributed by atoms with Gasteiger partial charge in [0.05, 0.1) is 11.6 Å². The van der Waals surface area contributed by atoms with Gasteiger partial charge in [0.15, 0.2) is 0 Å². The third-order valence-corrected chi connectivity index (χ3v) is 7.30. The molecule has 12 heteroatoms. The number of carboxylic acid groups (broad SMARTS) is 1. The molecule has 2 aromatic rings. The molecule has 2 aliphatic heterocycles. The number of alkyl halides is 3. The van der Waals surface area contributed by atoms with Gasteiger partial charge in [0.25, 0.3) is 0 Å². The highest BCUT2D eigenvalue weighted by molar-refractivity contribution is 5.85. The topological polar surface area (TPSA) is 122 Å². The summed E-state index contributed by atoms with van der Waals surface area (Å²) < 4.78 is 41.3. The minimum absolute atomic E-state index is 0.0741. The number of nitrogens with one attached hydrogen (secondary N) is 1. The summed E-state index contributed by atoms with van der Waals surface area (Å²) in [6, 6.07) is 10.00. The summed E-state index contributed by atoms with van der Waals surface area (Å²) >= 11 is 0. The summed E-state index contributed by atoms with van der Waals surface area (Å²) in [6.07, 6.45) is -1.09. The van der Waals surface area contributed by atoms with E-state index in [0.29, 0.717) is 70.3 Å². The smallest absolute Gasteiger partial charge is 0.451 e. The number of nitrogens with zero attached hydrogens (tertiary/aromatic N) is 5. The second-order valence-corrected chi connectivity index (χ2v) is 9.97. The molecule has 39 heavy (non-hydrogen) atoms. The predicted octanol–water partition coefficient (Wildman–Crippen LogP) is 3.78. The summed E-state index contributed by atoms with van der Waals surface area (Å²) in [4.78, 5) is 34.9. The van der Waals surface area contributed by atoms with E-state index in [0.717, 1.165) is 5.56 Å². The molecule has 2 N–H and O–H groups in total. The molecule has 1 aromatic heterocycles. The number of carbonyl (C=O) groups is 2. The molecule has 1 aromatic carbocycles. The number of hydrogen-bond donors (Lipinski definition) is 2. The molecule has 208 valence electrons. The number of hydrogen-bond acceptors (Lipinski definition) is 7. The third kappa shape index (κ3) is 7.37. The Labute approximate surface area is 224 Å². The number of carboxylic acids is 1. The first-order valence-electron chi connectivity index (χ1n) is 13.1. The number of anilines is 2. The van der Waals surface area contributed by atoms with Crippen LogP contribution in [0.3, 0.4) is 0 Å². The minimum atomic E-state index is -4.75. The average molecular weight is 545 g/mol. The van der Waals surface area contributed by atoms with Crippen molar-refractivity contribution in [3.63, 3.8) is 0 Å². The van der Waals surface area contributed by atoms with Crippen molar-refractivity contribution in [1.82, 2.24) is 15.3 Å². The maximum Gasteiger partial charge on any atom is 0.451 e. The van der Waals surface area contributed by atoms with Crippen LogP contribution >= 0.6 is 0 Å². The summed E-state index contributed by atoms with van der Waals surface area (Å²) in [6.45, 7) is 1.70. The predicted molar refractivity (Wildman–Crippen MR) is 137 cm³/mol. The van der Waals surface area contributed by atoms with Crippen molar-refractivity contribution in [2.45, 2.75) is 57.2 Å². The van der Waals surface area contributed by atoms with Crippen LogP contribution in [0, 0.1) is 17.2 Å². The van der Waals surface area contributed by atoms with Crippen molar-refractivity contribution in [3.05, 3.63) is 47.3 Å². The molecule has 2 aliphatic rings. The molecule has 0 bridgehead atoms. The monoisotopic (exact) mass is 544 g/mol. The summed E-state index contributed by atoms with van der Waals surface area (Å²) in [5, 5.41) is 20.7. The van der Waals surface area contributed by atoms with Gasteiger partial charge in [-0.25, -0.2) is 9.97 Å². The first-order chi connectivity index (χ1) is 18.6. The first-order valence-corrected chi connectivity index (χ1v) is 13.1. The van der Waals surface area contributed by atoms with Gasteiger partial charge in [-0.3, -0.25) is 9.59 Å². The Balaban J connectivity index is 1.44. The van der Waals surface area contributed by atoms with Gasteiger partial charge in [-0.15, -0.1) is 0 Å². The van der Waals surface area contributed by atoms with Gasteiger partial charge < -0.3 is 20.2 Å². The van der Waals surface area contributed by atoms with Gasteiger partial charge in [0, 0.05) is 38.7 Å². The Morgan fingerprint density at radius 3 is 2.41 bits per heavy atom. The molecule has 4 rings (SSSR count). The van der Waals surface area contributed by atoms with Crippen LogP contribution in [-0.2, 0) is 22.2 Å². The first kappa shape index (κ1) is 28.1. The van der Waals surface area contributed by atoms with Crippen LogP contribution in [0.15, 0.2) is 30.3 Å². The number of aromatic nitrogens is 2. The van der Waals surface area contributed by atoms with Crippen molar-refractivity contribution in [2.75, 3.05) is 36.0 Å². The van der Waals surface area contributed by atoms with Crippen LogP contribution in [0.4, 0.5) is 24.8 Å². The quantitative estimate of drug-likeness (QED) is 0.489. The lowest BCUT2D eigenvalue weighted by atomic mass is 9.92. The van der Waals surface area contributed by atoms with E-state index in [2.05, 4.69) is 21.4 Å². The van der Waals surface area contributed by atoms with Crippen molar-refractivity contribution in [2.24, 2.45) is 5.92 Å². The van der Waals surface area contributed by atoms with Crippen molar-refractivity contribution in [1.29, 1.82) is 5.26 Å². The van der Waals surface area contributed by atoms with E-state index in [-0.39, 0.29) is 29.9 Å². The normalized spacial score (nSPS) is 18.2. The highest BCUT2D eigenvalue weighted by Gasteiger charge is 2.38. The number of rotatable bonds is 9. The van der Waals surface area contributed by atoms with Crippen LogP contribution in [0.2, 0.25) is 0 Å². The molecule has 2 saturated heterocycles. The zero-order valence-corrected chi connectivity index (χ0v) is 21.5. The Bertz CT molecular complexity index is 1210. The van der Waals surface area contributed by atoms with Crippen molar-refractivity contribution < 1.29 is 27.9 Å². The number of piperidine rings is 1. The van der Waals surface area contributed by atoms with E-state index >= 15 is 0 Å². The molecular weight excluding hydrogens is 513 g/mol. The minimum Gasteiger partial charge on any atom is -0.481 e. The number of benzene rings is 1. The number of amides is 1. The highest BCUT2D eigenvalue weighted by atomic mass is 19.4. The molecule has 9 nitrogen and oxygen atoms in total. The van der Waals surface area contributed by atoms with Gasteiger partial charge in [0.2, 0.25) is 11.7 Å². The fourth-order valence-corrected chi connectivity index (χ4v) is 5.14. The van der Waals surface area contributed by atoms with Gasteiger partial charge in [0.1, 0.15) is 17.7 Å². The molecule has 2 fully saturated rings. The van der Waals surface area contributed by atoms with Crippen LogP contribution in [0.25, 0.3) is 0 Å². The fraction of sp³-hybridized carbons (Fsp3) is 0.519. The second kappa shape index (κ2) is 12.3. The largest absolute Gasteiger partial charge is 0.481 e. The average Bonchev–Trinajstić information content (AvgIpc) is 3.42. The van der Waals surface area contributed by atoms with E-state index in [9.17, 15) is 22.8 Å². The lowest BCUT2D eigenvalue weighted by Crippen LogP contribution is -2.44. The molecule has 0 spiro atoms. The van der Waals surface area contributed by atoms with E-state index in [4.69, 9.17) is 10.4 Å². The SMILES string of the molecule is N#Cc1ccc(CCNC(=O)C2CCCN2c2cc(N3CCC(CCC(=O)O)CC3)nc(C(F)(F)F)n2)cc1. The van der Waals surface area contributed by atoms with E-state index in [1.807, 2.05) is 12.1 Å². The Hall–Kier alpha value is -3.88. The molecule has 1 amide bonds. The molecule has 3 heterocycles. The molecule has 0 aliphatic carbocycles. The van der Waals surface area contributed by atoms with Gasteiger partial charge in [-0.05, 0) is 62.1 Å². The molecular formula is C27H31F3N6O3. The zero-order valence-electron chi connectivity index (χ0n) is 21.5. The standard InChI is InChI=1S/C27H31F3N6O3/c28-27(29,30)26-33-22(35-14-10-19(11-15-35)7-8-24(37)38)16-23(34-26)36-13-1-2-21(36)25(39)32-12-9-18-3-5-20(17-31)6-4-18/h3-6,16,19,21H,1-2,7-15H2,(H,32,39)(H,37,38). The number of aliphatic carboxylic acids is 1. The Morgan fingerprint density at radius 2 is 1.77 bits per heavy atom. The molecule has 1 atom stereocenters. The van der Waals surface area contributed by atoms with Gasteiger partial charge in [-0.1, -0.05) is 12.1 Å². The molecule has 0 saturated carbocycles. The number of carbonyl (C=O) groups excluding carboxylic acids is 1. The highest BCUT2D eigenvalue weighted by Crippen LogP contribution is 2.34. The van der Waals surface area contributed by atoms with Crippen LogP contribution in [-0.4, -0.2) is 59.2 Å². The second-order valence-electron chi connectivity index (χ2n) is 9.97. The van der Waals surface area contributed by atoms with Crippen LogP contribution in [0.1, 0.15) is 55.5 Å². The van der Waals surface area contributed by atoms with Crippen LogP contribution in [0.5, 0.6) is 0 Å². The van der Waals surface area contributed by atoms with Crippen molar-refractivity contribution >= 4 is 23.5 Å². The van der Waals surface area contributed by atoms with E-state index in [1.165, 1.54) is 6.07 Å². The third-order valence-electron chi connectivity index (χ3n) is 7.30.